The minimum Gasteiger partial charge on any atom is -0.342 e. The first-order valence-corrected chi connectivity index (χ1v) is 5.36. The third kappa shape index (κ3) is 2.21. The molecule has 2 rings (SSSR count). The molecule has 2 saturated heterocycles. The molecule has 13 heavy (non-hydrogen) atoms. The highest BCUT2D eigenvalue weighted by Crippen LogP contribution is 2.11. The largest absolute Gasteiger partial charge is 0.342 e. The molecule has 0 N–H and O–H groups in total. The molecule has 0 saturated carbocycles. The van der Waals surface area contributed by atoms with E-state index < -0.39 is 0 Å². The minimum absolute atomic E-state index is 0.347. The Morgan fingerprint density at radius 2 is 1.46 bits per heavy atom. The molecule has 0 aromatic heterocycles. The molecule has 0 bridgehead atoms. The zero-order valence-corrected chi connectivity index (χ0v) is 8.17. The molecule has 3 nitrogen and oxygen atoms in total. The van der Waals surface area contributed by atoms with Crippen molar-refractivity contribution < 1.29 is 4.79 Å². The SMILES string of the molecule is O=C(CN1CCCC1)N1CCCC1. The van der Waals surface area contributed by atoms with Crippen molar-refractivity contribution in [1.82, 2.24) is 9.80 Å². The van der Waals surface area contributed by atoms with Crippen LogP contribution in [0.1, 0.15) is 25.7 Å². The third-order valence-electron chi connectivity index (χ3n) is 3.02. The van der Waals surface area contributed by atoms with Crippen LogP contribution in [-0.2, 0) is 4.79 Å². The molecule has 2 heterocycles. The lowest BCUT2D eigenvalue weighted by Crippen LogP contribution is -2.37. The van der Waals surface area contributed by atoms with Crippen molar-refractivity contribution in [2.24, 2.45) is 0 Å². The second kappa shape index (κ2) is 4.09. The van der Waals surface area contributed by atoms with E-state index in [0.717, 1.165) is 26.2 Å². The highest BCUT2D eigenvalue weighted by atomic mass is 16.2. The van der Waals surface area contributed by atoms with E-state index in [0.29, 0.717) is 12.5 Å². The number of carbonyl (C=O) groups is 1. The van der Waals surface area contributed by atoms with Gasteiger partial charge >= 0.3 is 0 Å². The monoisotopic (exact) mass is 182 g/mol. The Bertz CT molecular complexity index is 181. The van der Waals surface area contributed by atoms with E-state index in [1.807, 2.05) is 4.90 Å². The quantitative estimate of drug-likeness (QED) is 0.628. The van der Waals surface area contributed by atoms with E-state index in [4.69, 9.17) is 0 Å². The molecule has 0 aromatic rings. The van der Waals surface area contributed by atoms with Crippen molar-refractivity contribution in [3.05, 3.63) is 0 Å². The normalized spacial score (nSPS) is 24.2. The molecular weight excluding hydrogens is 164 g/mol. The van der Waals surface area contributed by atoms with Crippen LogP contribution in [0.15, 0.2) is 0 Å². The summed E-state index contributed by atoms with van der Waals surface area (Å²) in [5.74, 6) is 0.347. The predicted molar refractivity (Wildman–Crippen MR) is 51.5 cm³/mol. The topological polar surface area (TPSA) is 23.6 Å². The third-order valence-corrected chi connectivity index (χ3v) is 3.02. The van der Waals surface area contributed by atoms with Gasteiger partial charge in [-0.1, -0.05) is 0 Å². The second-order valence-corrected chi connectivity index (χ2v) is 4.07. The minimum atomic E-state index is 0.347. The number of rotatable bonds is 2. The number of likely N-dealkylation sites (tertiary alicyclic amines) is 2. The van der Waals surface area contributed by atoms with Gasteiger partial charge in [0.25, 0.3) is 0 Å². The maximum Gasteiger partial charge on any atom is 0.236 e. The number of carbonyl (C=O) groups excluding carboxylic acids is 1. The Hall–Kier alpha value is -0.570. The van der Waals surface area contributed by atoms with Gasteiger partial charge in [-0.05, 0) is 38.8 Å². The highest BCUT2D eigenvalue weighted by molar-refractivity contribution is 5.78. The molecule has 2 aliphatic rings. The lowest BCUT2D eigenvalue weighted by atomic mass is 10.4. The standard InChI is InChI=1S/C10H18N2O/c13-10(12-7-3-4-8-12)9-11-5-1-2-6-11/h1-9H2. The molecule has 0 atom stereocenters. The van der Waals surface area contributed by atoms with Gasteiger partial charge in [0.05, 0.1) is 6.54 Å². The second-order valence-electron chi connectivity index (χ2n) is 4.07. The number of amides is 1. The maximum atomic E-state index is 11.7. The summed E-state index contributed by atoms with van der Waals surface area (Å²) >= 11 is 0. The zero-order valence-electron chi connectivity index (χ0n) is 8.17. The molecule has 0 aromatic carbocycles. The summed E-state index contributed by atoms with van der Waals surface area (Å²) in [4.78, 5) is 16.0. The van der Waals surface area contributed by atoms with Gasteiger partial charge in [-0.15, -0.1) is 0 Å². The van der Waals surface area contributed by atoms with Crippen LogP contribution >= 0.6 is 0 Å². The van der Waals surface area contributed by atoms with Gasteiger partial charge in [0.15, 0.2) is 0 Å². The molecule has 3 heteroatoms. The van der Waals surface area contributed by atoms with Gasteiger partial charge in [-0.3, -0.25) is 9.69 Å². The van der Waals surface area contributed by atoms with Crippen molar-refractivity contribution in [1.29, 1.82) is 0 Å². The predicted octanol–water partition coefficient (Wildman–Crippen LogP) is 0.705. The van der Waals surface area contributed by atoms with Crippen LogP contribution in [0, 0.1) is 0 Å². The Morgan fingerprint density at radius 1 is 0.923 bits per heavy atom. The number of nitrogens with zero attached hydrogens (tertiary/aromatic N) is 2. The van der Waals surface area contributed by atoms with Crippen LogP contribution in [-0.4, -0.2) is 48.4 Å². The van der Waals surface area contributed by atoms with Crippen LogP contribution in [0.3, 0.4) is 0 Å². The van der Waals surface area contributed by atoms with Crippen LogP contribution in [0.5, 0.6) is 0 Å². The molecule has 0 aliphatic carbocycles. The van der Waals surface area contributed by atoms with Crippen molar-refractivity contribution in [3.8, 4) is 0 Å². The summed E-state index contributed by atoms with van der Waals surface area (Å²) in [5, 5.41) is 0. The fourth-order valence-electron chi connectivity index (χ4n) is 2.20. The van der Waals surface area contributed by atoms with Crippen molar-refractivity contribution in [3.63, 3.8) is 0 Å². The summed E-state index contributed by atoms with van der Waals surface area (Å²) in [6.45, 7) is 4.90. The number of hydrogen-bond acceptors (Lipinski definition) is 2. The fourth-order valence-corrected chi connectivity index (χ4v) is 2.20. The van der Waals surface area contributed by atoms with Gasteiger partial charge in [0, 0.05) is 13.1 Å². The lowest BCUT2D eigenvalue weighted by molar-refractivity contribution is -0.131. The van der Waals surface area contributed by atoms with E-state index in [1.165, 1.54) is 25.7 Å². The van der Waals surface area contributed by atoms with Crippen molar-refractivity contribution in [2.75, 3.05) is 32.7 Å². The average molecular weight is 182 g/mol. The summed E-state index contributed by atoms with van der Waals surface area (Å²) in [6, 6.07) is 0. The highest BCUT2D eigenvalue weighted by Gasteiger charge is 2.21. The van der Waals surface area contributed by atoms with E-state index in [1.54, 1.807) is 0 Å². The van der Waals surface area contributed by atoms with Gasteiger partial charge in [0.1, 0.15) is 0 Å². The molecule has 2 aliphatic heterocycles. The molecule has 1 amide bonds. The molecule has 0 spiro atoms. The summed E-state index contributed by atoms with van der Waals surface area (Å²) in [7, 11) is 0. The van der Waals surface area contributed by atoms with E-state index in [2.05, 4.69) is 4.90 Å². The van der Waals surface area contributed by atoms with Gasteiger partial charge in [-0.2, -0.15) is 0 Å². The Kier molecular flexibility index (Phi) is 2.83. The molecule has 0 unspecified atom stereocenters. The van der Waals surface area contributed by atoms with Gasteiger partial charge in [-0.25, -0.2) is 0 Å². The van der Waals surface area contributed by atoms with Crippen LogP contribution in [0.2, 0.25) is 0 Å². The Balaban J connectivity index is 1.76. The van der Waals surface area contributed by atoms with Crippen molar-refractivity contribution >= 4 is 5.91 Å². The van der Waals surface area contributed by atoms with E-state index >= 15 is 0 Å². The van der Waals surface area contributed by atoms with Gasteiger partial charge < -0.3 is 4.90 Å². The lowest BCUT2D eigenvalue weighted by Gasteiger charge is -2.20. The molecule has 0 radical (unpaired) electrons. The fraction of sp³-hybridized carbons (Fsp3) is 0.900. The van der Waals surface area contributed by atoms with Crippen LogP contribution < -0.4 is 0 Å². The summed E-state index contributed by atoms with van der Waals surface area (Å²) in [6.07, 6.45) is 4.94. The summed E-state index contributed by atoms with van der Waals surface area (Å²) < 4.78 is 0. The molecular formula is C10H18N2O. The van der Waals surface area contributed by atoms with E-state index in [9.17, 15) is 4.79 Å². The first kappa shape index (κ1) is 9.00. The molecule has 74 valence electrons. The first-order valence-electron chi connectivity index (χ1n) is 5.36. The van der Waals surface area contributed by atoms with Crippen molar-refractivity contribution in [2.45, 2.75) is 25.7 Å². The number of hydrogen-bond donors (Lipinski definition) is 0. The zero-order chi connectivity index (χ0) is 9.10. The van der Waals surface area contributed by atoms with Crippen LogP contribution in [0.25, 0.3) is 0 Å². The Labute approximate surface area is 79.7 Å². The van der Waals surface area contributed by atoms with E-state index in [-0.39, 0.29) is 0 Å². The smallest absolute Gasteiger partial charge is 0.236 e. The average Bonchev–Trinajstić information content (AvgIpc) is 2.74. The molecule has 2 fully saturated rings. The Morgan fingerprint density at radius 3 is 2.08 bits per heavy atom. The maximum absolute atomic E-state index is 11.7. The first-order chi connectivity index (χ1) is 6.36. The summed E-state index contributed by atoms with van der Waals surface area (Å²) in [5.41, 5.74) is 0. The van der Waals surface area contributed by atoms with Gasteiger partial charge in [0.2, 0.25) is 5.91 Å². The van der Waals surface area contributed by atoms with Crippen LogP contribution in [0.4, 0.5) is 0 Å².